The first-order valence-corrected chi connectivity index (χ1v) is 6.76. The Morgan fingerprint density at radius 1 is 1.10 bits per heavy atom. The van der Waals surface area contributed by atoms with Gasteiger partial charge in [-0.2, -0.15) is 5.10 Å². The van der Waals surface area contributed by atoms with Gasteiger partial charge in [-0.05, 0) is 48.6 Å². The predicted molar refractivity (Wildman–Crippen MR) is 87.4 cm³/mol. The summed E-state index contributed by atoms with van der Waals surface area (Å²) in [6, 6.07) is 13.3. The highest BCUT2D eigenvalue weighted by Gasteiger charge is 2.01. The number of hydrogen-bond acceptors (Lipinski definition) is 2. The summed E-state index contributed by atoms with van der Waals surface area (Å²) in [5, 5.41) is 15.3. The number of H-pyrrole nitrogens is 1. The van der Waals surface area contributed by atoms with Crippen molar-refractivity contribution in [2.75, 3.05) is 10.6 Å². The van der Waals surface area contributed by atoms with Crippen molar-refractivity contribution < 1.29 is 0 Å². The van der Waals surface area contributed by atoms with Crippen LogP contribution in [0, 0.1) is 0 Å². The van der Waals surface area contributed by atoms with E-state index in [0.29, 0.717) is 10.1 Å². The summed E-state index contributed by atoms with van der Waals surface area (Å²) in [5.41, 5.74) is 2.69. The molecule has 0 unspecified atom stereocenters. The molecular weight excluding hydrogens is 292 g/mol. The number of hydrogen-bond donors (Lipinski definition) is 3. The van der Waals surface area contributed by atoms with Crippen LogP contribution < -0.4 is 10.6 Å². The lowest BCUT2D eigenvalue weighted by Crippen LogP contribution is -2.18. The van der Waals surface area contributed by atoms with Crippen molar-refractivity contribution in [1.82, 2.24) is 10.2 Å². The lowest BCUT2D eigenvalue weighted by molar-refractivity contribution is 1.12. The van der Waals surface area contributed by atoms with Crippen LogP contribution in [-0.2, 0) is 0 Å². The predicted octanol–water partition coefficient (Wildman–Crippen LogP) is 4.03. The average molecular weight is 303 g/mol. The summed E-state index contributed by atoms with van der Waals surface area (Å²) in [5.74, 6) is 0. The van der Waals surface area contributed by atoms with E-state index in [9.17, 15) is 0 Å². The third-order valence-electron chi connectivity index (χ3n) is 2.78. The molecule has 1 heterocycles. The number of nitrogens with zero attached hydrogens (tertiary/aromatic N) is 1. The van der Waals surface area contributed by atoms with Crippen molar-refractivity contribution in [3.63, 3.8) is 0 Å². The number of thiocarbonyl (C=S) groups is 1. The highest BCUT2D eigenvalue weighted by molar-refractivity contribution is 7.80. The zero-order chi connectivity index (χ0) is 13.9. The molecule has 0 amide bonds. The Morgan fingerprint density at radius 2 is 1.90 bits per heavy atom. The highest BCUT2D eigenvalue weighted by atomic mass is 35.5. The van der Waals surface area contributed by atoms with Crippen molar-refractivity contribution in [3.8, 4) is 0 Å². The van der Waals surface area contributed by atoms with Crippen molar-refractivity contribution in [3.05, 3.63) is 53.7 Å². The first-order chi connectivity index (χ1) is 9.70. The molecule has 0 spiro atoms. The van der Waals surface area contributed by atoms with Gasteiger partial charge in [0.15, 0.2) is 5.11 Å². The summed E-state index contributed by atoms with van der Waals surface area (Å²) in [4.78, 5) is 0. The normalized spacial score (nSPS) is 10.4. The van der Waals surface area contributed by atoms with Crippen molar-refractivity contribution in [1.29, 1.82) is 0 Å². The molecule has 0 radical (unpaired) electrons. The number of halogens is 1. The number of fused-ring (bicyclic) bond motifs is 1. The lowest BCUT2D eigenvalue weighted by atomic mass is 10.2. The van der Waals surface area contributed by atoms with Gasteiger partial charge in [-0.3, -0.25) is 5.10 Å². The topological polar surface area (TPSA) is 52.7 Å². The second kappa shape index (κ2) is 5.48. The molecule has 6 heteroatoms. The van der Waals surface area contributed by atoms with E-state index in [2.05, 4.69) is 20.8 Å². The second-order valence-electron chi connectivity index (χ2n) is 4.26. The van der Waals surface area contributed by atoms with E-state index >= 15 is 0 Å². The molecule has 4 nitrogen and oxygen atoms in total. The smallest absolute Gasteiger partial charge is 0.175 e. The summed E-state index contributed by atoms with van der Waals surface area (Å²) < 4.78 is 0. The molecule has 0 saturated carbocycles. The largest absolute Gasteiger partial charge is 0.332 e. The summed E-state index contributed by atoms with van der Waals surface area (Å²) in [7, 11) is 0. The molecule has 0 aliphatic heterocycles. The van der Waals surface area contributed by atoms with E-state index < -0.39 is 0 Å². The Bertz CT molecular complexity index is 768. The molecule has 0 aliphatic carbocycles. The van der Waals surface area contributed by atoms with E-state index in [1.54, 1.807) is 6.20 Å². The third-order valence-corrected chi connectivity index (χ3v) is 3.22. The van der Waals surface area contributed by atoms with Crippen LogP contribution in [0.4, 0.5) is 11.4 Å². The van der Waals surface area contributed by atoms with Crippen molar-refractivity contribution >= 4 is 51.2 Å². The van der Waals surface area contributed by atoms with Gasteiger partial charge < -0.3 is 10.6 Å². The Hall–Kier alpha value is -2.11. The maximum atomic E-state index is 5.93. The first-order valence-electron chi connectivity index (χ1n) is 5.97. The Balaban J connectivity index is 1.72. The van der Waals surface area contributed by atoms with Gasteiger partial charge in [-0.25, -0.2) is 0 Å². The van der Waals surface area contributed by atoms with Crippen LogP contribution in [0.3, 0.4) is 0 Å². The van der Waals surface area contributed by atoms with Gasteiger partial charge >= 0.3 is 0 Å². The molecule has 3 N–H and O–H groups in total. The Kier molecular flexibility index (Phi) is 3.54. The maximum absolute atomic E-state index is 5.93. The number of benzene rings is 2. The van der Waals surface area contributed by atoms with Gasteiger partial charge in [0, 0.05) is 21.8 Å². The minimum Gasteiger partial charge on any atom is -0.332 e. The zero-order valence-electron chi connectivity index (χ0n) is 10.4. The summed E-state index contributed by atoms with van der Waals surface area (Å²) >= 11 is 11.2. The molecule has 0 saturated heterocycles. The number of aromatic amines is 1. The van der Waals surface area contributed by atoms with Crippen LogP contribution in [0.15, 0.2) is 48.7 Å². The zero-order valence-corrected chi connectivity index (χ0v) is 11.9. The van der Waals surface area contributed by atoms with Gasteiger partial charge in [-0.1, -0.05) is 17.7 Å². The van der Waals surface area contributed by atoms with E-state index in [4.69, 9.17) is 23.8 Å². The fourth-order valence-electron chi connectivity index (χ4n) is 1.87. The molecule has 1 aromatic heterocycles. The van der Waals surface area contributed by atoms with Crippen LogP contribution in [0.1, 0.15) is 0 Å². The van der Waals surface area contributed by atoms with Gasteiger partial charge in [0.05, 0.1) is 11.7 Å². The lowest BCUT2D eigenvalue weighted by Gasteiger charge is -2.10. The Labute approximate surface area is 126 Å². The number of aromatic nitrogens is 2. The molecule has 3 rings (SSSR count). The van der Waals surface area contributed by atoms with Crippen LogP contribution in [0.25, 0.3) is 10.9 Å². The number of rotatable bonds is 2. The minimum atomic E-state index is 0.506. The van der Waals surface area contributed by atoms with Crippen LogP contribution >= 0.6 is 23.8 Å². The highest BCUT2D eigenvalue weighted by Crippen LogP contribution is 2.18. The molecule has 0 bridgehead atoms. The Morgan fingerprint density at radius 3 is 2.70 bits per heavy atom. The molecule has 3 aromatic rings. The maximum Gasteiger partial charge on any atom is 0.175 e. The molecule has 100 valence electrons. The van der Waals surface area contributed by atoms with Crippen LogP contribution in [-0.4, -0.2) is 15.3 Å². The van der Waals surface area contributed by atoms with Gasteiger partial charge in [0.25, 0.3) is 0 Å². The molecule has 2 aromatic carbocycles. The van der Waals surface area contributed by atoms with Gasteiger partial charge in [0.2, 0.25) is 0 Å². The van der Waals surface area contributed by atoms with E-state index in [0.717, 1.165) is 22.3 Å². The van der Waals surface area contributed by atoms with Crippen molar-refractivity contribution in [2.24, 2.45) is 0 Å². The molecular formula is C14H11ClN4S. The average Bonchev–Trinajstić information content (AvgIpc) is 2.86. The summed E-state index contributed by atoms with van der Waals surface area (Å²) in [6.45, 7) is 0. The minimum absolute atomic E-state index is 0.506. The molecule has 0 fully saturated rings. The fourth-order valence-corrected chi connectivity index (χ4v) is 2.30. The fraction of sp³-hybridized carbons (Fsp3) is 0. The van der Waals surface area contributed by atoms with Gasteiger partial charge in [0.1, 0.15) is 0 Å². The van der Waals surface area contributed by atoms with Gasteiger partial charge in [-0.15, -0.1) is 0 Å². The SMILES string of the molecule is S=C(Nc1cccc(Cl)c1)Nc1ccc2cn[nH]c2c1. The third kappa shape index (κ3) is 2.89. The first kappa shape index (κ1) is 12.9. The monoisotopic (exact) mass is 302 g/mol. The van der Waals surface area contributed by atoms with E-state index in [1.807, 2.05) is 42.5 Å². The molecule has 20 heavy (non-hydrogen) atoms. The van der Waals surface area contributed by atoms with Crippen LogP contribution in [0.2, 0.25) is 5.02 Å². The van der Waals surface area contributed by atoms with Crippen LogP contribution in [0.5, 0.6) is 0 Å². The quantitative estimate of drug-likeness (QED) is 0.626. The second-order valence-corrected chi connectivity index (χ2v) is 5.11. The molecule has 0 aliphatic rings. The van der Waals surface area contributed by atoms with E-state index in [-0.39, 0.29) is 0 Å². The molecule has 0 atom stereocenters. The number of nitrogens with one attached hydrogen (secondary N) is 3. The van der Waals surface area contributed by atoms with Crippen molar-refractivity contribution in [2.45, 2.75) is 0 Å². The summed E-state index contributed by atoms with van der Waals surface area (Å²) in [6.07, 6.45) is 1.78. The van der Waals surface area contributed by atoms with E-state index in [1.165, 1.54) is 0 Å². The number of anilines is 2. The standard InChI is InChI=1S/C14H11ClN4S/c15-10-2-1-3-11(6-10)17-14(20)18-12-5-4-9-8-16-19-13(9)7-12/h1-8H,(H,16,19)(H2,17,18,20).